The molecule has 3 heteroatoms. The van der Waals surface area contributed by atoms with Gasteiger partial charge in [0, 0.05) is 31.7 Å². The summed E-state index contributed by atoms with van der Waals surface area (Å²) in [5.41, 5.74) is 1.20. The summed E-state index contributed by atoms with van der Waals surface area (Å²) in [7, 11) is 0. The van der Waals surface area contributed by atoms with E-state index in [0.717, 1.165) is 19.5 Å². The summed E-state index contributed by atoms with van der Waals surface area (Å²) in [6, 6.07) is 0.361. The van der Waals surface area contributed by atoms with E-state index in [2.05, 4.69) is 34.6 Å². The summed E-state index contributed by atoms with van der Waals surface area (Å²) in [5.74, 6) is 2.64. The molecule has 1 rings (SSSR count). The van der Waals surface area contributed by atoms with Crippen LogP contribution in [0.1, 0.15) is 26.0 Å². The molecule has 0 aliphatic rings. The fourth-order valence-corrected chi connectivity index (χ4v) is 1.31. The molecule has 0 fully saturated rings. The van der Waals surface area contributed by atoms with Crippen molar-refractivity contribution in [2.24, 2.45) is 0 Å². The second-order valence-corrected chi connectivity index (χ2v) is 3.36. The van der Waals surface area contributed by atoms with Crippen LogP contribution in [0.25, 0.3) is 0 Å². The zero-order valence-electron chi connectivity index (χ0n) is 8.83. The summed E-state index contributed by atoms with van der Waals surface area (Å²) in [6.07, 6.45) is 9.73. The van der Waals surface area contributed by atoms with Gasteiger partial charge in [-0.15, -0.1) is 12.3 Å². The van der Waals surface area contributed by atoms with Gasteiger partial charge in [-0.05, 0) is 13.8 Å². The van der Waals surface area contributed by atoms with Gasteiger partial charge in [-0.3, -0.25) is 0 Å². The van der Waals surface area contributed by atoms with Gasteiger partial charge >= 0.3 is 0 Å². The zero-order chi connectivity index (χ0) is 10.4. The summed E-state index contributed by atoms with van der Waals surface area (Å²) in [5, 5.41) is 3.36. The second kappa shape index (κ2) is 5.46. The molecule has 0 amide bonds. The van der Waals surface area contributed by atoms with Gasteiger partial charge in [0.25, 0.3) is 0 Å². The smallest absolute Gasteiger partial charge is 0.0948 e. The molecule has 1 aromatic heterocycles. The molecule has 0 spiro atoms. The molecule has 1 unspecified atom stereocenters. The van der Waals surface area contributed by atoms with Crippen LogP contribution in [0.4, 0.5) is 0 Å². The molecule has 3 nitrogen and oxygen atoms in total. The number of rotatable bonds is 5. The SMILES string of the molecule is C#CCC(C)NCc1cncn1CC. The molecular weight excluding hydrogens is 174 g/mol. The lowest BCUT2D eigenvalue weighted by Crippen LogP contribution is -2.25. The number of hydrogen-bond acceptors (Lipinski definition) is 2. The standard InChI is InChI=1S/C11H17N3/c1-4-6-10(3)13-8-11-7-12-9-14(11)5-2/h1,7,9-10,13H,5-6,8H2,2-3H3. The Morgan fingerprint density at radius 3 is 3.14 bits per heavy atom. The highest BCUT2D eigenvalue weighted by Gasteiger charge is 2.02. The van der Waals surface area contributed by atoms with Crippen molar-refractivity contribution in [1.82, 2.24) is 14.9 Å². The second-order valence-electron chi connectivity index (χ2n) is 3.36. The fraction of sp³-hybridized carbons (Fsp3) is 0.545. The van der Waals surface area contributed by atoms with Crippen molar-refractivity contribution in [3.8, 4) is 12.3 Å². The van der Waals surface area contributed by atoms with E-state index in [0.29, 0.717) is 6.04 Å². The van der Waals surface area contributed by atoms with Crippen LogP contribution in [0.3, 0.4) is 0 Å². The van der Waals surface area contributed by atoms with Crippen molar-refractivity contribution in [1.29, 1.82) is 0 Å². The maximum absolute atomic E-state index is 5.23. The van der Waals surface area contributed by atoms with Gasteiger partial charge in [0.15, 0.2) is 0 Å². The molecule has 0 bridgehead atoms. The normalized spacial score (nSPS) is 12.4. The van der Waals surface area contributed by atoms with E-state index < -0.39 is 0 Å². The van der Waals surface area contributed by atoms with E-state index in [-0.39, 0.29) is 0 Å². The minimum absolute atomic E-state index is 0.361. The highest BCUT2D eigenvalue weighted by Crippen LogP contribution is 1.99. The largest absolute Gasteiger partial charge is 0.334 e. The predicted octanol–water partition coefficient (Wildman–Crippen LogP) is 1.40. The maximum atomic E-state index is 5.23. The first-order valence-corrected chi connectivity index (χ1v) is 4.93. The first-order valence-electron chi connectivity index (χ1n) is 4.93. The van der Waals surface area contributed by atoms with E-state index in [1.165, 1.54) is 5.69 Å². The third kappa shape index (κ3) is 2.90. The number of nitrogens with zero attached hydrogens (tertiary/aromatic N) is 2. The Labute approximate surface area is 85.5 Å². The van der Waals surface area contributed by atoms with Crippen molar-refractivity contribution in [2.45, 2.75) is 39.4 Å². The summed E-state index contributed by atoms with van der Waals surface area (Å²) >= 11 is 0. The summed E-state index contributed by atoms with van der Waals surface area (Å²) < 4.78 is 2.12. The van der Waals surface area contributed by atoms with Crippen molar-refractivity contribution in [3.05, 3.63) is 18.2 Å². The van der Waals surface area contributed by atoms with E-state index in [1.807, 2.05) is 12.5 Å². The average molecular weight is 191 g/mol. The van der Waals surface area contributed by atoms with Crippen LogP contribution in [0.15, 0.2) is 12.5 Å². The van der Waals surface area contributed by atoms with Crippen molar-refractivity contribution in [2.75, 3.05) is 0 Å². The van der Waals surface area contributed by atoms with Crippen molar-refractivity contribution < 1.29 is 0 Å². The molecule has 1 heterocycles. The molecule has 0 saturated heterocycles. The Balaban J connectivity index is 2.42. The number of aryl methyl sites for hydroxylation is 1. The van der Waals surface area contributed by atoms with Crippen LogP contribution in [-0.2, 0) is 13.1 Å². The Morgan fingerprint density at radius 2 is 2.50 bits per heavy atom. The van der Waals surface area contributed by atoms with Gasteiger partial charge in [0.05, 0.1) is 12.0 Å². The zero-order valence-corrected chi connectivity index (χ0v) is 8.83. The molecule has 0 aromatic carbocycles. The molecule has 1 atom stereocenters. The lowest BCUT2D eigenvalue weighted by atomic mass is 10.2. The van der Waals surface area contributed by atoms with Crippen LogP contribution in [0.5, 0.6) is 0 Å². The lowest BCUT2D eigenvalue weighted by Gasteiger charge is -2.11. The Kier molecular flexibility index (Phi) is 4.21. The van der Waals surface area contributed by atoms with E-state index in [4.69, 9.17) is 6.42 Å². The number of nitrogens with one attached hydrogen (secondary N) is 1. The molecule has 14 heavy (non-hydrogen) atoms. The first-order chi connectivity index (χ1) is 6.77. The number of imidazole rings is 1. The molecular formula is C11H17N3. The highest BCUT2D eigenvalue weighted by atomic mass is 15.1. The van der Waals surface area contributed by atoms with Gasteiger partial charge in [-0.1, -0.05) is 0 Å². The average Bonchev–Trinajstić information content (AvgIpc) is 2.62. The van der Waals surface area contributed by atoms with Crippen LogP contribution in [0, 0.1) is 12.3 Å². The van der Waals surface area contributed by atoms with Crippen molar-refractivity contribution in [3.63, 3.8) is 0 Å². The minimum atomic E-state index is 0.361. The number of aromatic nitrogens is 2. The van der Waals surface area contributed by atoms with Gasteiger partial charge in [0.1, 0.15) is 0 Å². The van der Waals surface area contributed by atoms with Crippen LogP contribution < -0.4 is 5.32 Å². The maximum Gasteiger partial charge on any atom is 0.0948 e. The Morgan fingerprint density at radius 1 is 1.71 bits per heavy atom. The summed E-state index contributed by atoms with van der Waals surface area (Å²) in [6.45, 7) is 5.99. The topological polar surface area (TPSA) is 29.9 Å². The van der Waals surface area contributed by atoms with Crippen molar-refractivity contribution >= 4 is 0 Å². The molecule has 0 aliphatic carbocycles. The minimum Gasteiger partial charge on any atom is -0.334 e. The summed E-state index contributed by atoms with van der Waals surface area (Å²) in [4.78, 5) is 4.10. The van der Waals surface area contributed by atoms with Crippen LogP contribution in [0.2, 0.25) is 0 Å². The third-order valence-electron chi connectivity index (χ3n) is 2.19. The van der Waals surface area contributed by atoms with E-state index >= 15 is 0 Å². The van der Waals surface area contributed by atoms with E-state index in [1.54, 1.807) is 0 Å². The Hall–Kier alpha value is -1.27. The quantitative estimate of drug-likeness (QED) is 0.713. The molecule has 1 N–H and O–H groups in total. The molecule has 0 aliphatic heterocycles. The monoisotopic (exact) mass is 191 g/mol. The highest BCUT2D eigenvalue weighted by molar-refractivity contribution is 4.98. The Bertz CT molecular complexity index is 309. The van der Waals surface area contributed by atoms with Gasteiger partial charge in [0.2, 0.25) is 0 Å². The number of terminal acetylenes is 1. The van der Waals surface area contributed by atoms with Crippen LogP contribution >= 0.6 is 0 Å². The first kappa shape index (κ1) is 10.8. The van der Waals surface area contributed by atoms with Gasteiger partial charge in [-0.25, -0.2) is 4.98 Å². The molecule has 0 saturated carbocycles. The molecule has 1 aromatic rings. The van der Waals surface area contributed by atoms with Gasteiger partial charge < -0.3 is 9.88 Å². The number of hydrogen-bond donors (Lipinski definition) is 1. The molecule has 76 valence electrons. The van der Waals surface area contributed by atoms with Gasteiger partial charge in [-0.2, -0.15) is 0 Å². The fourth-order valence-electron chi connectivity index (χ4n) is 1.31. The van der Waals surface area contributed by atoms with E-state index in [9.17, 15) is 0 Å². The van der Waals surface area contributed by atoms with Crippen LogP contribution in [-0.4, -0.2) is 15.6 Å². The predicted molar refractivity (Wildman–Crippen MR) is 57.7 cm³/mol. The lowest BCUT2D eigenvalue weighted by molar-refractivity contribution is 0.538. The molecule has 0 radical (unpaired) electrons. The third-order valence-corrected chi connectivity index (χ3v) is 2.19.